The number of nitrogen functional groups attached to an aromatic ring is 2. The number of azo groups is 3. The molecule has 40 heteroatoms. The monoisotopic (exact) mass is 1170 g/mol. The van der Waals surface area contributed by atoms with Gasteiger partial charge in [-0.3, -0.25) is 22.4 Å². The van der Waals surface area contributed by atoms with E-state index in [0.717, 1.165) is 42.5 Å². The van der Waals surface area contributed by atoms with Crippen molar-refractivity contribution in [2.75, 3.05) is 36.2 Å². The lowest BCUT2D eigenvalue weighted by molar-refractivity contribution is -0.434. The van der Waals surface area contributed by atoms with Crippen LogP contribution in [-0.4, -0.2) is 104 Å². The Hall–Kier alpha value is -5.32. The summed E-state index contributed by atoms with van der Waals surface area (Å²) < 4.78 is 204. The molecule has 0 radical (unpaired) electrons. The van der Waals surface area contributed by atoms with Gasteiger partial charge in [-0.2, -0.15) is 38.8 Å². The lowest BCUT2D eigenvalue weighted by atomic mass is 10.1. The fourth-order valence-electron chi connectivity index (χ4n) is 5.63. The highest BCUT2D eigenvalue weighted by Crippen LogP contribution is 2.46. The molecule has 0 amide bonds. The third-order valence-electron chi connectivity index (χ3n) is 8.73. The molecule has 0 aromatic heterocycles. The van der Waals surface area contributed by atoms with E-state index in [4.69, 9.17) is 30.7 Å². The molecule has 0 saturated carbocycles. The normalized spacial score (nSPS) is 13.3. The molecule has 32 nitrogen and oxygen atoms in total. The summed E-state index contributed by atoms with van der Waals surface area (Å²) >= 11 is 0.404. The maximum absolute atomic E-state index is 12.9. The molecule has 10 N–H and O–H groups in total. The van der Waals surface area contributed by atoms with Crippen molar-refractivity contribution in [3.05, 3.63) is 72.8 Å². The lowest BCUT2D eigenvalue weighted by Crippen LogP contribution is -2.16. The van der Waals surface area contributed by atoms with Crippen molar-refractivity contribution in [3.63, 3.8) is 0 Å². The Balaban J connectivity index is 1.69. The summed E-state index contributed by atoms with van der Waals surface area (Å²) in [6.45, 7) is -1.70. The van der Waals surface area contributed by atoms with Crippen LogP contribution in [-0.2, 0) is 87.5 Å². The first-order valence-corrected chi connectivity index (χ1v) is 28.6. The number of fused-ring (bicyclic) bond motifs is 1. The summed E-state index contributed by atoms with van der Waals surface area (Å²) in [6, 6.07) is 11.0. The van der Waals surface area contributed by atoms with Crippen molar-refractivity contribution in [3.8, 4) is 0 Å². The largest absolute Gasteiger partial charge is 0.397 e. The van der Waals surface area contributed by atoms with E-state index in [1.54, 1.807) is 0 Å². The molecule has 5 aromatic rings. The van der Waals surface area contributed by atoms with E-state index in [1.807, 2.05) is 0 Å². The highest BCUT2D eigenvalue weighted by atomic mass is 32.3. The van der Waals surface area contributed by atoms with E-state index in [9.17, 15) is 64.2 Å². The number of rotatable bonds is 24. The van der Waals surface area contributed by atoms with Gasteiger partial charge in [0.25, 0.3) is 30.4 Å². The maximum Gasteiger partial charge on any atom is 0.397 e. The number of nitrogens with zero attached hydrogens (tertiary/aromatic N) is 6. The summed E-state index contributed by atoms with van der Waals surface area (Å²) in [4.78, 5) is -4.43. The van der Waals surface area contributed by atoms with Crippen LogP contribution in [0.15, 0.2) is 133 Å². The van der Waals surface area contributed by atoms with Crippen LogP contribution in [0, 0.1) is 0 Å². The minimum absolute atomic E-state index is 0.0127. The second kappa shape index (κ2) is 23.3. The van der Waals surface area contributed by atoms with E-state index in [0.29, 0.717) is 24.2 Å². The highest BCUT2D eigenvalue weighted by Gasteiger charge is 2.26. The Bertz CT molecular complexity index is 3700. The average molecular weight is 1170 g/mol. The number of hydrogen-bond acceptors (Lipinski definition) is 30. The van der Waals surface area contributed by atoms with Gasteiger partial charge in [0.15, 0.2) is 32.0 Å². The van der Waals surface area contributed by atoms with Crippen LogP contribution in [0.4, 0.5) is 45.5 Å². The zero-order valence-electron chi connectivity index (χ0n) is 34.9. The smallest absolute Gasteiger partial charge is 0.395 e. The van der Waals surface area contributed by atoms with Gasteiger partial charge in [-0.05, 0) is 66.0 Å². The van der Waals surface area contributed by atoms with Gasteiger partial charge in [0.05, 0.1) is 63.6 Å². The SMILES string of the molecule is Nc1c(/N=N/c2cc(SOOO)c3cccc(S(=O)(=O)O)c3c2)cc(/N=N/c2ccc(S(=O)(=O)CCOSOOO)cc2S(=O)(=O)O)c(N)c1/N=N/c1ccc(S(=O)(=O)CCOS(=O)(=O)O)cc1S(=O)(=O)O. The van der Waals surface area contributed by atoms with Gasteiger partial charge < -0.3 is 11.5 Å². The van der Waals surface area contributed by atoms with Crippen molar-refractivity contribution in [1.29, 1.82) is 0 Å². The van der Waals surface area contributed by atoms with Gasteiger partial charge in [-0.15, -0.1) is 34.2 Å². The molecule has 5 rings (SSSR count). The number of nitrogens with two attached hydrogens (primary N) is 2. The van der Waals surface area contributed by atoms with Crippen molar-refractivity contribution in [1.82, 2.24) is 0 Å². The van der Waals surface area contributed by atoms with E-state index in [1.165, 1.54) is 18.2 Å². The minimum Gasteiger partial charge on any atom is -0.395 e. The standard InChI is InChI=1S/C32H30N8O24S8/c33-30-24(38-35-17-12-21-20(26(13-17)65-63-61-41)2-1-3-27(21)69(47,48)49)16-25(39-36-22-6-4-18(14-28(22)70(50,51)52)67(43,44)10-8-59-66-64-62-42)31(34)32(30)40-37-23-7-5-19(15-29(23)71(53,54)55)68(45,46)11-9-60-72(56,57)58/h1-7,12-16,41-42H,8-11,33-34H2,(H,47,48,49)(H,50,51,52)(H,53,54,55)(H,56,57,58)/b38-35+,39-36+,40-37+. The second-order valence-corrected chi connectivity index (χ2v) is 24.0. The summed E-state index contributed by atoms with van der Waals surface area (Å²) in [5.74, 6) is -1.92. The van der Waals surface area contributed by atoms with E-state index >= 15 is 0 Å². The Morgan fingerprint density at radius 2 is 1.01 bits per heavy atom. The second-order valence-electron chi connectivity index (χ2n) is 13.3. The molecule has 0 fully saturated rings. The maximum atomic E-state index is 12.9. The van der Waals surface area contributed by atoms with Crippen LogP contribution in [0.3, 0.4) is 0 Å². The third-order valence-corrected chi connectivity index (χ3v) is 16.2. The van der Waals surface area contributed by atoms with Crippen molar-refractivity contribution < 1.29 is 106 Å². The van der Waals surface area contributed by atoms with Gasteiger partial charge in [-0.1, -0.05) is 22.2 Å². The summed E-state index contributed by atoms with van der Waals surface area (Å²) in [5.41, 5.74) is 8.03. The summed E-state index contributed by atoms with van der Waals surface area (Å²) in [6.07, 6.45) is 0. The molecule has 0 bridgehead atoms. The van der Waals surface area contributed by atoms with Gasteiger partial charge in [0.1, 0.15) is 43.1 Å². The molecule has 5 aromatic carbocycles. The van der Waals surface area contributed by atoms with Gasteiger partial charge in [0, 0.05) is 10.3 Å². The van der Waals surface area contributed by atoms with E-state index < -0.39 is 149 Å². The van der Waals surface area contributed by atoms with Gasteiger partial charge in [0.2, 0.25) is 0 Å². The molecular weight excluding hydrogens is 1140 g/mol. The fourth-order valence-corrected chi connectivity index (χ4v) is 11.3. The zero-order chi connectivity index (χ0) is 53.5. The Morgan fingerprint density at radius 1 is 0.514 bits per heavy atom. The molecule has 0 saturated heterocycles. The first-order valence-electron chi connectivity index (χ1n) is 18.2. The van der Waals surface area contributed by atoms with E-state index in [2.05, 4.69) is 53.6 Å². The van der Waals surface area contributed by atoms with Crippen LogP contribution in [0.5, 0.6) is 0 Å². The molecule has 0 spiro atoms. The summed E-state index contributed by atoms with van der Waals surface area (Å²) in [7, 11) is -29.6. The highest BCUT2D eigenvalue weighted by molar-refractivity contribution is 7.95. The Labute approximate surface area is 414 Å². The van der Waals surface area contributed by atoms with Gasteiger partial charge in [-0.25, -0.2) is 31.5 Å². The van der Waals surface area contributed by atoms with Crippen LogP contribution < -0.4 is 11.5 Å². The van der Waals surface area contributed by atoms with Crippen LogP contribution in [0.2, 0.25) is 0 Å². The molecular formula is C32H30N8O24S8. The summed E-state index contributed by atoms with van der Waals surface area (Å²) in [5, 5.41) is 47.2. The molecule has 0 aliphatic carbocycles. The van der Waals surface area contributed by atoms with Crippen LogP contribution in [0.1, 0.15) is 0 Å². The molecule has 0 atom stereocenters. The first-order chi connectivity index (χ1) is 33.5. The molecule has 0 heterocycles. The molecule has 390 valence electrons. The number of hydrogen-bond donors (Lipinski definition) is 8. The van der Waals surface area contributed by atoms with Crippen molar-refractivity contribution in [2.24, 2.45) is 30.7 Å². The molecule has 72 heavy (non-hydrogen) atoms. The van der Waals surface area contributed by atoms with Gasteiger partial charge >= 0.3 is 10.4 Å². The lowest BCUT2D eigenvalue weighted by Gasteiger charge is -2.11. The fraction of sp³-hybridized carbons (Fsp3) is 0.125. The molecule has 0 aliphatic heterocycles. The Kier molecular flexibility index (Phi) is 18.6. The van der Waals surface area contributed by atoms with Crippen molar-refractivity contribution in [2.45, 2.75) is 29.4 Å². The third kappa shape index (κ3) is 15.1. The first kappa shape index (κ1) is 57.6. The topological polar surface area (TPSA) is 508 Å². The van der Waals surface area contributed by atoms with E-state index in [-0.39, 0.29) is 33.7 Å². The number of anilines is 2. The zero-order valence-corrected chi connectivity index (χ0v) is 41.4. The quantitative estimate of drug-likeness (QED) is 0.00689. The van der Waals surface area contributed by atoms with Crippen LogP contribution in [0.25, 0.3) is 10.8 Å². The molecule has 0 unspecified atom stereocenters. The average Bonchev–Trinajstić information content (AvgIpc) is 3.28. The van der Waals surface area contributed by atoms with Crippen molar-refractivity contribution >= 4 is 141 Å². The van der Waals surface area contributed by atoms with Crippen LogP contribution >= 0.6 is 24.4 Å². The molecule has 0 aliphatic rings. The number of benzene rings is 5. The number of sulfone groups is 2. The minimum atomic E-state index is -5.39. The Morgan fingerprint density at radius 3 is 1.53 bits per heavy atom. The predicted molar refractivity (Wildman–Crippen MR) is 245 cm³/mol. The predicted octanol–water partition coefficient (Wildman–Crippen LogP) is 5.79.